The van der Waals surface area contributed by atoms with E-state index in [1.165, 1.54) is 35.4 Å². The minimum Gasteiger partial charge on any atom is -0.467 e. The maximum Gasteiger partial charge on any atom is 0.265 e. The first-order chi connectivity index (χ1) is 15.6. The van der Waals surface area contributed by atoms with E-state index < -0.39 is 17.0 Å². The van der Waals surface area contributed by atoms with Crippen LogP contribution in [0, 0.1) is 17.1 Å². The minimum atomic E-state index is -0.619. The molecule has 4 rings (SSSR count). The van der Waals surface area contributed by atoms with Crippen molar-refractivity contribution in [1.29, 1.82) is 5.26 Å². The summed E-state index contributed by atoms with van der Waals surface area (Å²) in [5.41, 5.74) is 1.16. The third-order valence-corrected chi connectivity index (χ3v) is 6.12. The zero-order chi connectivity index (χ0) is 22.5. The lowest BCUT2D eigenvalue weighted by atomic mass is 10.1. The topological polar surface area (TPSA) is 86.3 Å². The molecule has 1 aliphatic heterocycles. The first-order valence-electron chi connectivity index (χ1n) is 9.82. The lowest BCUT2D eigenvalue weighted by Gasteiger charge is -2.18. The van der Waals surface area contributed by atoms with Crippen molar-refractivity contribution in [3.8, 4) is 6.07 Å². The second-order valence-electron chi connectivity index (χ2n) is 7.00. The molecule has 1 N–H and O–H groups in total. The lowest BCUT2D eigenvalue weighted by molar-refractivity contribution is -0.117. The maximum atomic E-state index is 13.5. The van der Waals surface area contributed by atoms with E-state index in [2.05, 4.69) is 5.32 Å². The molecule has 1 saturated heterocycles. The molecule has 2 aromatic carbocycles. The number of thioether (sulfide) groups is 1. The fraction of sp³-hybridized carbons (Fsp3) is 0.125. The Labute approximate surface area is 188 Å². The van der Waals surface area contributed by atoms with E-state index in [4.69, 9.17) is 4.42 Å². The Bertz CT molecular complexity index is 1190. The van der Waals surface area contributed by atoms with Crippen molar-refractivity contribution in [2.24, 2.45) is 0 Å². The highest BCUT2D eigenvalue weighted by atomic mass is 32.2. The van der Waals surface area contributed by atoms with Crippen molar-refractivity contribution in [3.05, 3.63) is 101 Å². The molecule has 2 heterocycles. The molecule has 32 heavy (non-hydrogen) atoms. The number of nitrogens with zero attached hydrogens (tertiary/aromatic N) is 2. The van der Waals surface area contributed by atoms with Crippen LogP contribution in [-0.4, -0.2) is 17.1 Å². The number of hydrogen-bond acceptors (Lipinski definition) is 5. The number of amides is 2. The summed E-state index contributed by atoms with van der Waals surface area (Å²) in [7, 11) is 0. The number of carbonyl (C=O) groups is 2. The molecule has 3 aromatic rings. The molecule has 8 heteroatoms. The first kappa shape index (κ1) is 21.4. The molecular weight excluding hydrogens is 429 g/mol. The number of nitriles is 1. The summed E-state index contributed by atoms with van der Waals surface area (Å²) in [5.74, 6) is -0.803. The summed E-state index contributed by atoms with van der Waals surface area (Å²) >= 11 is 1.16. The Morgan fingerprint density at radius 2 is 1.88 bits per heavy atom. The Morgan fingerprint density at radius 1 is 1.12 bits per heavy atom. The molecule has 0 saturated carbocycles. The highest BCUT2D eigenvalue weighted by Crippen LogP contribution is 2.41. The molecule has 1 atom stereocenters. The monoisotopic (exact) mass is 447 g/mol. The largest absolute Gasteiger partial charge is 0.467 e. The van der Waals surface area contributed by atoms with Gasteiger partial charge in [0.05, 0.1) is 18.1 Å². The number of anilines is 1. The van der Waals surface area contributed by atoms with Crippen molar-refractivity contribution >= 4 is 29.3 Å². The fourth-order valence-corrected chi connectivity index (χ4v) is 4.62. The Kier molecular flexibility index (Phi) is 6.38. The smallest absolute Gasteiger partial charge is 0.265 e. The van der Waals surface area contributed by atoms with E-state index in [1.54, 1.807) is 12.1 Å². The quantitative estimate of drug-likeness (QED) is 0.453. The van der Waals surface area contributed by atoms with Crippen LogP contribution in [0.5, 0.6) is 0 Å². The van der Waals surface area contributed by atoms with Crippen molar-refractivity contribution in [1.82, 2.24) is 5.32 Å². The molecule has 0 bridgehead atoms. The van der Waals surface area contributed by atoms with Crippen molar-refractivity contribution < 1.29 is 18.4 Å². The molecule has 0 spiro atoms. The van der Waals surface area contributed by atoms with E-state index in [0.717, 1.165) is 17.3 Å². The highest BCUT2D eigenvalue weighted by molar-refractivity contribution is 8.05. The summed E-state index contributed by atoms with van der Waals surface area (Å²) in [4.78, 5) is 27.5. The van der Waals surface area contributed by atoms with Gasteiger partial charge in [0.15, 0.2) is 0 Å². The van der Waals surface area contributed by atoms with Gasteiger partial charge in [-0.05, 0) is 48.4 Å². The second-order valence-corrected chi connectivity index (χ2v) is 8.19. The SMILES string of the molecule is N#C/C(C(=O)NCc1ccco1)=C1/S[C@H](Cc2ccccc2)C(=O)N1c1ccc(F)cc1. The van der Waals surface area contributed by atoms with Crippen molar-refractivity contribution in [2.45, 2.75) is 18.2 Å². The molecule has 0 radical (unpaired) electrons. The molecule has 1 aliphatic rings. The predicted octanol–water partition coefficient (Wildman–Crippen LogP) is 4.16. The Hall–Kier alpha value is -3.83. The van der Waals surface area contributed by atoms with Gasteiger partial charge in [-0.1, -0.05) is 42.1 Å². The molecule has 0 unspecified atom stereocenters. The zero-order valence-corrected chi connectivity index (χ0v) is 17.6. The van der Waals surface area contributed by atoms with Crippen LogP contribution in [0.15, 0.2) is 88.0 Å². The van der Waals surface area contributed by atoms with Gasteiger partial charge in [0.25, 0.3) is 5.91 Å². The average Bonchev–Trinajstić information content (AvgIpc) is 3.43. The molecule has 2 amide bonds. The van der Waals surface area contributed by atoms with Crippen LogP contribution in [0.25, 0.3) is 0 Å². The van der Waals surface area contributed by atoms with E-state index in [1.807, 2.05) is 36.4 Å². The van der Waals surface area contributed by atoms with Gasteiger partial charge in [0.2, 0.25) is 5.91 Å². The fourth-order valence-electron chi connectivity index (χ4n) is 3.31. The van der Waals surface area contributed by atoms with Crippen LogP contribution in [-0.2, 0) is 22.6 Å². The van der Waals surface area contributed by atoms with Gasteiger partial charge in [0.1, 0.15) is 28.2 Å². The van der Waals surface area contributed by atoms with Gasteiger partial charge in [-0.3, -0.25) is 14.5 Å². The minimum absolute atomic E-state index is 0.104. The normalized spacial score (nSPS) is 17.2. The van der Waals surface area contributed by atoms with Crippen molar-refractivity contribution in [3.63, 3.8) is 0 Å². The summed E-state index contributed by atoms with van der Waals surface area (Å²) in [5, 5.41) is 12.1. The first-order valence-corrected chi connectivity index (χ1v) is 10.7. The number of carbonyl (C=O) groups excluding carboxylic acids is 2. The van der Waals surface area contributed by atoms with Gasteiger partial charge >= 0.3 is 0 Å². The summed E-state index contributed by atoms with van der Waals surface area (Å²) in [6.07, 6.45) is 1.92. The number of hydrogen-bond donors (Lipinski definition) is 1. The molecular formula is C24H18FN3O3S. The summed E-state index contributed by atoms with van der Waals surface area (Å²) < 4.78 is 18.7. The van der Waals surface area contributed by atoms with Crippen LogP contribution in [0.1, 0.15) is 11.3 Å². The van der Waals surface area contributed by atoms with Crippen LogP contribution in [0.2, 0.25) is 0 Å². The maximum absolute atomic E-state index is 13.5. The van der Waals surface area contributed by atoms with E-state index >= 15 is 0 Å². The van der Waals surface area contributed by atoms with Gasteiger partial charge in [-0.2, -0.15) is 5.26 Å². The molecule has 1 fully saturated rings. The third-order valence-electron chi connectivity index (χ3n) is 4.86. The highest BCUT2D eigenvalue weighted by Gasteiger charge is 2.40. The van der Waals surface area contributed by atoms with Crippen LogP contribution in [0.4, 0.5) is 10.1 Å². The third kappa shape index (κ3) is 4.58. The van der Waals surface area contributed by atoms with Gasteiger partial charge in [-0.25, -0.2) is 4.39 Å². The van der Waals surface area contributed by atoms with Crippen LogP contribution < -0.4 is 10.2 Å². The molecule has 1 aromatic heterocycles. The average molecular weight is 447 g/mol. The Morgan fingerprint density at radius 3 is 2.53 bits per heavy atom. The van der Waals surface area contributed by atoms with Crippen LogP contribution in [0.3, 0.4) is 0 Å². The zero-order valence-electron chi connectivity index (χ0n) is 16.8. The standard InChI is InChI=1S/C24H18FN3O3S/c25-17-8-10-18(11-9-17)28-23(30)21(13-16-5-2-1-3-6-16)32-24(28)20(14-26)22(29)27-15-19-7-4-12-31-19/h1-12,21H,13,15H2,(H,27,29)/b24-20-/t21-/m1/s1. The van der Waals surface area contributed by atoms with Gasteiger partial charge < -0.3 is 9.73 Å². The lowest BCUT2D eigenvalue weighted by Crippen LogP contribution is -2.32. The number of nitrogens with one attached hydrogen (secondary N) is 1. The van der Waals surface area contributed by atoms with E-state index in [-0.39, 0.29) is 23.1 Å². The summed E-state index contributed by atoms with van der Waals surface area (Å²) in [6.45, 7) is 0.104. The Balaban J connectivity index is 1.67. The molecule has 0 aliphatic carbocycles. The van der Waals surface area contributed by atoms with E-state index in [0.29, 0.717) is 17.9 Å². The van der Waals surface area contributed by atoms with Gasteiger partial charge in [-0.15, -0.1) is 0 Å². The van der Waals surface area contributed by atoms with E-state index in [9.17, 15) is 19.2 Å². The number of benzene rings is 2. The van der Waals surface area contributed by atoms with Gasteiger partial charge in [0, 0.05) is 5.69 Å². The predicted molar refractivity (Wildman–Crippen MR) is 119 cm³/mol. The number of rotatable bonds is 6. The number of halogens is 1. The van der Waals surface area contributed by atoms with Crippen LogP contribution >= 0.6 is 11.8 Å². The molecule has 6 nitrogen and oxygen atoms in total. The van der Waals surface area contributed by atoms with Crippen molar-refractivity contribution in [2.75, 3.05) is 4.90 Å². The number of furan rings is 1. The second kappa shape index (κ2) is 9.54. The molecule has 160 valence electrons. The summed E-state index contributed by atoms with van der Waals surface area (Å²) in [6, 6.07) is 20.2.